The van der Waals surface area contributed by atoms with Crippen LogP contribution in [0.2, 0.25) is 0 Å². The van der Waals surface area contributed by atoms with Gasteiger partial charge in [0.1, 0.15) is 0 Å². The lowest BCUT2D eigenvalue weighted by Gasteiger charge is -2.33. The van der Waals surface area contributed by atoms with Gasteiger partial charge in [-0.25, -0.2) is 17.7 Å². The monoisotopic (exact) mass is 377 g/mol. The van der Waals surface area contributed by atoms with Gasteiger partial charge in [0.15, 0.2) is 0 Å². The first-order chi connectivity index (χ1) is 12.6. The highest BCUT2D eigenvalue weighted by Gasteiger charge is 2.31. The highest BCUT2D eigenvalue weighted by atomic mass is 32.2. The maximum Gasteiger partial charge on any atom is 0.214 e. The minimum Gasteiger partial charge on any atom is -0.381 e. The fourth-order valence-electron chi connectivity index (χ4n) is 4.18. The molecule has 2 aliphatic heterocycles. The number of aromatic nitrogens is 2. The van der Waals surface area contributed by atoms with Gasteiger partial charge in [0.2, 0.25) is 10.0 Å². The Morgan fingerprint density at radius 3 is 2.77 bits per heavy atom. The van der Waals surface area contributed by atoms with E-state index < -0.39 is 10.0 Å². The summed E-state index contributed by atoms with van der Waals surface area (Å²) in [6.45, 7) is 3.49. The van der Waals surface area contributed by atoms with E-state index in [1.807, 2.05) is 24.5 Å². The summed E-state index contributed by atoms with van der Waals surface area (Å²) >= 11 is 0. The first-order valence-electron chi connectivity index (χ1n) is 9.57. The van der Waals surface area contributed by atoms with Gasteiger partial charge in [0.05, 0.1) is 23.1 Å². The number of hydrogen-bond donors (Lipinski definition) is 0. The largest absolute Gasteiger partial charge is 0.381 e. The van der Waals surface area contributed by atoms with Crippen LogP contribution in [-0.2, 0) is 21.3 Å². The predicted molar refractivity (Wildman–Crippen MR) is 101 cm³/mol. The van der Waals surface area contributed by atoms with E-state index in [1.165, 1.54) is 0 Å². The lowest BCUT2D eigenvalue weighted by molar-refractivity contribution is 0.0719. The molecule has 4 rings (SSSR count). The van der Waals surface area contributed by atoms with Crippen molar-refractivity contribution in [2.24, 2.45) is 11.8 Å². The number of hydrogen-bond acceptors (Lipinski definition) is 4. The highest BCUT2D eigenvalue weighted by molar-refractivity contribution is 7.89. The van der Waals surface area contributed by atoms with Gasteiger partial charge in [-0.15, -0.1) is 0 Å². The maximum atomic E-state index is 12.9. The molecule has 2 aromatic rings. The summed E-state index contributed by atoms with van der Waals surface area (Å²) in [6, 6.07) is 8.10. The number of para-hydroxylation sites is 2. The second kappa shape index (κ2) is 7.66. The molecule has 0 saturated carbocycles. The average Bonchev–Trinajstić information content (AvgIpc) is 3.06. The van der Waals surface area contributed by atoms with Gasteiger partial charge in [-0.3, -0.25) is 0 Å². The van der Waals surface area contributed by atoms with Crippen molar-refractivity contribution in [3.8, 4) is 0 Å². The third-order valence-corrected chi connectivity index (χ3v) is 7.66. The third-order valence-electron chi connectivity index (χ3n) is 5.64. The molecule has 0 N–H and O–H groups in total. The second-order valence-corrected chi connectivity index (χ2v) is 9.60. The molecule has 1 aromatic heterocycles. The normalized spacial score (nSPS) is 23.5. The van der Waals surface area contributed by atoms with E-state index in [9.17, 15) is 8.42 Å². The van der Waals surface area contributed by atoms with Crippen molar-refractivity contribution in [2.45, 2.75) is 32.2 Å². The van der Waals surface area contributed by atoms with Crippen molar-refractivity contribution in [1.82, 2.24) is 13.9 Å². The molecule has 3 heterocycles. The number of fused-ring (bicyclic) bond motifs is 1. The molecule has 2 saturated heterocycles. The molecule has 142 valence electrons. The summed E-state index contributed by atoms with van der Waals surface area (Å²) in [5.74, 6) is 0.856. The molecule has 1 unspecified atom stereocenters. The lowest BCUT2D eigenvalue weighted by Crippen LogP contribution is -2.43. The van der Waals surface area contributed by atoms with Gasteiger partial charge in [-0.2, -0.15) is 0 Å². The quantitative estimate of drug-likeness (QED) is 0.803. The fraction of sp³-hybridized carbons (Fsp3) is 0.632. The van der Waals surface area contributed by atoms with Crippen LogP contribution in [0.5, 0.6) is 0 Å². The van der Waals surface area contributed by atoms with Crippen LogP contribution in [0, 0.1) is 11.8 Å². The number of piperidine rings is 1. The van der Waals surface area contributed by atoms with Gasteiger partial charge in [-0.1, -0.05) is 12.1 Å². The first kappa shape index (κ1) is 17.9. The zero-order valence-corrected chi connectivity index (χ0v) is 15.9. The van der Waals surface area contributed by atoms with Crippen molar-refractivity contribution in [3.63, 3.8) is 0 Å². The van der Waals surface area contributed by atoms with Gasteiger partial charge >= 0.3 is 0 Å². The Labute approximate surface area is 155 Å². The third kappa shape index (κ3) is 3.94. The van der Waals surface area contributed by atoms with E-state index >= 15 is 0 Å². The Kier molecular flexibility index (Phi) is 5.29. The van der Waals surface area contributed by atoms with E-state index in [4.69, 9.17) is 4.74 Å². The molecule has 26 heavy (non-hydrogen) atoms. The highest BCUT2D eigenvalue weighted by Crippen LogP contribution is 2.25. The Balaban J connectivity index is 1.42. The summed E-state index contributed by atoms with van der Waals surface area (Å²) < 4.78 is 35.0. The summed E-state index contributed by atoms with van der Waals surface area (Å²) in [4.78, 5) is 4.45. The minimum absolute atomic E-state index is 0.242. The Morgan fingerprint density at radius 2 is 1.92 bits per heavy atom. The topological polar surface area (TPSA) is 64.4 Å². The number of nitrogens with zero attached hydrogens (tertiary/aromatic N) is 3. The number of sulfonamides is 1. The summed E-state index contributed by atoms with van der Waals surface area (Å²) in [5, 5.41) is 0. The Hall–Kier alpha value is -1.44. The summed E-state index contributed by atoms with van der Waals surface area (Å²) in [5.41, 5.74) is 2.11. The van der Waals surface area contributed by atoms with Crippen molar-refractivity contribution in [2.75, 3.05) is 32.1 Å². The molecule has 0 bridgehead atoms. The van der Waals surface area contributed by atoms with E-state index in [-0.39, 0.29) is 11.7 Å². The van der Waals surface area contributed by atoms with Crippen molar-refractivity contribution in [1.29, 1.82) is 0 Å². The van der Waals surface area contributed by atoms with Crippen LogP contribution in [0.25, 0.3) is 11.0 Å². The Bertz CT molecular complexity index is 843. The van der Waals surface area contributed by atoms with E-state index in [1.54, 1.807) is 4.31 Å². The number of benzene rings is 1. The van der Waals surface area contributed by atoms with Crippen LogP contribution in [0.4, 0.5) is 0 Å². The molecule has 2 fully saturated rings. The molecule has 2 aliphatic rings. The van der Waals surface area contributed by atoms with Crippen LogP contribution in [-0.4, -0.2) is 54.3 Å². The van der Waals surface area contributed by atoms with Crippen LogP contribution < -0.4 is 0 Å². The molecule has 0 spiro atoms. The zero-order chi connectivity index (χ0) is 18.0. The molecule has 0 aliphatic carbocycles. The molecule has 1 atom stereocenters. The van der Waals surface area contributed by atoms with Crippen molar-refractivity contribution in [3.05, 3.63) is 30.6 Å². The number of ether oxygens (including phenoxy) is 1. The molecule has 1 aromatic carbocycles. The molecule has 6 nitrogen and oxygen atoms in total. The molecule has 7 heteroatoms. The van der Waals surface area contributed by atoms with Gasteiger partial charge in [0.25, 0.3) is 0 Å². The van der Waals surface area contributed by atoms with E-state index in [0.29, 0.717) is 32.2 Å². The molecule has 0 radical (unpaired) electrons. The van der Waals surface area contributed by atoms with Crippen molar-refractivity contribution < 1.29 is 13.2 Å². The van der Waals surface area contributed by atoms with Crippen molar-refractivity contribution >= 4 is 21.1 Å². The van der Waals surface area contributed by atoms with Crippen LogP contribution in [0.3, 0.4) is 0 Å². The molecular weight excluding hydrogens is 350 g/mol. The second-order valence-electron chi connectivity index (χ2n) is 7.59. The molecule has 0 amide bonds. The first-order valence-corrected chi connectivity index (χ1v) is 11.2. The average molecular weight is 378 g/mol. The predicted octanol–water partition coefficient (Wildman–Crippen LogP) is 2.50. The zero-order valence-electron chi connectivity index (χ0n) is 15.1. The summed E-state index contributed by atoms with van der Waals surface area (Å²) in [6.07, 6.45) is 5.59. The van der Waals surface area contributed by atoms with Crippen LogP contribution in [0.1, 0.15) is 25.7 Å². The van der Waals surface area contributed by atoms with Crippen LogP contribution in [0.15, 0.2) is 30.6 Å². The smallest absolute Gasteiger partial charge is 0.214 e. The fourth-order valence-corrected chi connectivity index (χ4v) is 6.16. The van der Waals surface area contributed by atoms with E-state index in [0.717, 1.165) is 43.3 Å². The maximum absolute atomic E-state index is 12.9. The van der Waals surface area contributed by atoms with Gasteiger partial charge in [0, 0.05) is 32.8 Å². The van der Waals surface area contributed by atoms with Crippen LogP contribution >= 0.6 is 0 Å². The Morgan fingerprint density at radius 1 is 1.12 bits per heavy atom. The minimum atomic E-state index is -3.18. The van der Waals surface area contributed by atoms with Gasteiger partial charge < -0.3 is 9.30 Å². The number of rotatable bonds is 5. The lowest BCUT2D eigenvalue weighted by atomic mass is 9.99. The summed E-state index contributed by atoms with van der Waals surface area (Å²) in [7, 11) is -3.18. The standard InChI is InChI=1S/C19H27N3O3S/c23-26(24,14-16-7-10-25-11-8-16)22-9-3-4-17(13-22)12-21-15-20-18-5-1-2-6-19(18)21/h1-2,5-6,15-17H,3-4,7-14H2. The molecular formula is C19H27N3O3S. The number of imidazole rings is 1. The van der Waals surface area contributed by atoms with E-state index in [2.05, 4.69) is 15.6 Å². The SMILES string of the molecule is O=S(=O)(CC1CCOCC1)N1CCCC(Cn2cnc3ccccc32)C1. The van der Waals surface area contributed by atoms with Gasteiger partial charge in [-0.05, 0) is 49.7 Å².